The van der Waals surface area contributed by atoms with E-state index >= 15 is 0 Å². The van der Waals surface area contributed by atoms with Crippen molar-refractivity contribution in [1.29, 1.82) is 0 Å². The van der Waals surface area contributed by atoms with Crippen LogP contribution in [0.4, 0.5) is 4.79 Å². The maximum Gasteiger partial charge on any atom is 0.410 e. The number of halogens is 2. The molecule has 1 fully saturated rings. The molecule has 2 atom stereocenters. The number of amides is 1. The van der Waals surface area contributed by atoms with Crippen molar-refractivity contribution in [2.75, 3.05) is 26.2 Å². The van der Waals surface area contributed by atoms with E-state index in [0.29, 0.717) is 47.5 Å². The van der Waals surface area contributed by atoms with E-state index in [1.54, 1.807) is 35.1 Å². The maximum absolute atomic E-state index is 12.7. The Morgan fingerprint density at radius 3 is 2.41 bits per heavy atom. The van der Waals surface area contributed by atoms with E-state index in [1.165, 1.54) is 0 Å². The van der Waals surface area contributed by atoms with Crippen LogP contribution < -0.4 is 0 Å². The van der Waals surface area contributed by atoms with Crippen molar-refractivity contribution in [1.82, 2.24) is 24.3 Å². The lowest BCUT2D eigenvalue weighted by molar-refractivity contribution is 0.0117. The molecule has 1 saturated heterocycles. The molecule has 2 aromatic heterocycles. The number of aromatic nitrogens is 3. The van der Waals surface area contributed by atoms with Crippen molar-refractivity contribution in [3.8, 4) is 0 Å². The highest BCUT2D eigenvalue weighted by Gasteiger charge is 2.39. The smallest absolute Gasteiger partial charge is 0.410 e. The minimum Gasteiger partial charge on any atom is -0.444 e. The zero-order chi connectivity index (χ0) is 28.1. The molecular formula is C29H33Cl2N5O3. The van der Waals surface area contributed by atoms with Gasteiger partial charge in [0.1, 0.15) is 11.2 Å². The van der Waals surface area contributed by atoms with Crippen molar-refractivity contribution in [2.24, 2.45) is 7.05 Å². The molecule has 0 spiro atoms. The number of fused-ring (bicyclic) bond motifs is 2. The second-order valence-corrected chi connectivity index (χ2v) is 12.2. The first-order chi connectivity index (χ1) is 18.3. The number of benzene rings is 1. The van der Waals surface area contributed by atoms with E-state index in [-0.39, 0.29) is 12.1 Å². The summed E-state index contributed by atoms with van der Waals surface area (Å²) in [6.07, 6.45) is 6.63. The van der Waals surface area contributed by atoms with Gasteiger partial charge in [-0.3, -0.25) is 9.88 Å². The van der Waals surface area contributed by atoms with Gasteiger partial charge in [-0.2, -0.15) is 0 Å². The molecule has 0 saturated carbocycles. The Labute approximate surface area is 238 Å². The van der Waals surface area contributed by atoms with Crippen LogP contribution in [0.15, 0.2) is 43.0 Å². The normalized spacial score (nSPS) is 19.4. The van der Waals surface area contributed by atoms with Gasteiger partial charge < -0.3 is 19.3 Å². The van der Waals surface area contributed by atoms with Crippen molar-refractivity contribution in [3.05, 3.63) is 81.1 Å². The molecule has 1 aliphatic heterocycles. The third-order valence-electron chi connectivity index (χ3n) is 7.25. The quantitative estimate of drug-likeness (QED) is 0.446. The van der Waals surface area contributed by atoms with Crippen LogP contribution in [0, 0.1) is 0 Å². The zero-order valence-electron chi connectivity index (χ0n) is 22.8. The fourth-order valence-electron chi connectivity index (χ4n) is 5.42. The lowest BCUT2D eigenvalue weighted by Crippen LogP contribution is -2.51. The molecule has 5 rings (SSSR count). The van der Waals surface area contributed by atoms with Crippen LogP contribution in [-0.2, 0) is 17.4 Å². The van der Waals surface area contributed by atoms with Gasteiger partial charge in [0.2, 0.25) is 0 Å². The molecule has 1 amide bonds. The minimum absolute atomic E-state index is 0.249. The van der Waals surface area contributed by atoms with Gasteiger partial charge >= 0.3 is 6.09 Å². The van der Waals surface area contributed by atoms with Gasteiger partial charge in [-0.05, 0) is 74.2 Å². The molecule has 8 nitrogen and oxygen atoms in total. The van der Waals surface area contributed by atoms with Crippen LogP contribution in [-0.4, -0.2) is 67.3 Å². The van der Waals surface area contributed by atoms with E-state index in [2.05, 4.69) is 9.88 Å². The number of hydrogen-bond donors (Lipinski definition) is 1. The first-order valence-corrected chi connectivity index (χ1v) is 13.7. The van der Waals surface area contributed by atoms with Crippen LogP contribution in [0.2, 0.25) is 10.0 Å². The summed E-state index contributed by atoms with van der Waals surface area (Å²) in [5.41, 5.74) is 2.78. The average molecular weight is 571 g/mol. The standard InChI is InChI=1S/C29H33Cl2N5O3/c1-28(2,3)39-27(37)36-10-8-35(9-11-36)26-21-7-6-19(30)14-22(21)23(13-18-12-20(31)15-33-25(18)26)29(4,38)24-16-32-17-34(24)5/h6-7,12-17,26,38H,8-11H2,1-5H3/t26-,29?/m0/s1. The number of piperazine rings is 1. The predicted octanol–water partition coefficient (Wildman–Crippen LogP) is 5.53. The third kappa shape index (κ3) is 5.43. The number of ether oxygens (including phenoxy) is 1. The number of hydrogen-bond acceptors (Lipinski definition) is 6. The zero-order valence-corrected chi connectivity index (χ0v) is 24.3. The van der Waals surface area contributed by atoms with Crippen LogP contribution >= 0.6 is 23.2 Å². The van der Waals surface area contributed by atoms with Gasteiger partial charge in [0.25, 0.3) is 0 Å². The summed E-state index contributed by atoms with van der Waals surface area (Å²) in [5, 5.41) is 13.1. The summed E-state index contributed by atoms with van der Waals surface area (Å²) in [4.78, 5) is 25.8. The summed E-state index contributed by atoms with van der Waals surface area (Å²) in [6.45, 7) is 9.63. The van der Waals surface area contributed by atoms with E-state index in [1.807, 2.05) is 58.2 Å². The number of carbonyl (C=O) groups is 1. The monoisotopic (exact) mass is 569 g/mol. The maximum atomic E-state index is 12.7. The van der Waals surface area contributed by atoms with Gasteiger partial charge in [-0.1, -0.05) is 29.3 Å². The Kier molecular flexibility index (Phi) is 7.26. The summed E-state index contributed by atoms with van der Waals surface area (Å²) in [7, 11) is 1.85. The van der Waals surface area contributed by atoms with Crippen molar-refractivity contribution >= 4 is 40.9 Å². The Balaban J connectivity index is 1.59. The molecule has 1 N–H and O–H groups in total. The summed E-state index contributed by atoms with van der Waals surface area (Å²) in [6, 6.07) is 7.38. The van der Waals surface area contributed by atoms with Crippen molar-refractivity contribution in [3.63, 3.8) is 0 Å². The van der Waals surface area contributed by atoms with E-state index < -0.39 is 11.2 Å². The molecule has 0 radical (unpaired) electrons. The fourth-order valence-corrected chi connectivity index (χ4v) is 5.75. The molecule has 1 unspecified atom stereocenters. The Morgan fingerprint density at radius 2 is 1.77 bits per heavy atom. The van der Waals surface area contributed by atoms with Gasteiger partial charge in [0, 0.05) is 44.4 Å². The molecule has 10 heteroatoms. The van der Waals surface area contributed by atoms with E-state index in [0.717, 1.165) is 22.4 Å². The summed E-state index contributed by atoms with van der Waals surface area (Å²) < 4.78 is 7.40. The molecule has 2 aliphatic rings. The molecular weight excluding hydrogens is 537 g/mol. The topological polar surface area (TPSA) is 83.7 Å². The number of aryl methyl sites for hydroxylation is 1. The van der Waals surface area contributed by atoms with E-state index in [4.69, 9.17) is 32.9 Å². The summed E-state index contributed by atoms with van der Waals surface area (Å²) >= 11 is 13.0. The Morgan fingerprint density at radius 1 is 1.05 bits per heavy atom. The van der Waals surface area contributed by atoms with Gasteiger partial charge in [-0.25, -0.2) is 9.78 Å². The number of nitrogens with zero attached hydrogens (tertiary/aromatic N) is 5. The van der Waals surface area contributed by atoms with Crippen LogP contribution in [0.5, 0.6) is 0 Å². The van der Waals surface area contributed by atoms with E-state index in [9.17, 15) is 9.90 Å². The number of pyridine rings is 1. The van der Waals surface area contributed by atoms with Crippen molar-refractivity contribution in [2.45, 2.75) is 44.9 Å². The average Bonchev–Trinajstić information content (AvgIpc) is 3.24. The molecule has 1 aromatic carbocycles. The molecule has 1 aliphatic carbocycles. The lowest BCUT2D eigenvalue weighted by Gasteiger charge is -2.40. The molecule has 39 heavy (non-hydrogen) atoms. The minimum atomic E-state index is -1.39. The van der Waals surface area contributed by atoms with Gasteiger partial charge in [-0.15, -0.1) is 0 Å². The highest BCUT2D eigenvalue weighted by molar-refractivity contribution is 6.31. The van der Waals surface area contributed by atoms with Gasteiger partial charge in [0.05, 0.1) is 35.0 Å². The molecule has 0 bridgehead atoms. The molecule has 3 aromatic rings. The lowest BCUT2D eigenvalue weighted by atomic mass is 9.84. The van der Waals surface area contributed by atoms with Crippen molar-refractivity contribution < 1.29 is 14.6 Å². The highest BCUT2D eigenvalue weighted by atomic mass is 35.5. The van der Waals surface area contributed by atoms with Gasteiger partial charge in [0.15, 0.2) is 0 Å². The molecule has 3 heterocycles. The van der Waals surface area contributed by atoms with Crippen LogP contribution in [0.3, 0.4) is 0 Å². The first-order valence-electron chi connectivity index (χ1n) is 12.9. The highest BCUT2D eigenvalue weighted by Crippen LogP contribution is 2.46. The summed E-state index contributed by atoms with van der Waals surface area (Å²) in [5.74, 6) is 0. The Hall–Kier alpha value is -2.91. The van der Waals surface area contributed by atoms with Crippen LogP contribution in [0.1, 0.15) is 61.8 Å². The third-order valence-corrected chi connectivity index (χ3v) is 7.69. The fraction of sp³-hybridized carbons (Fsp3) is 0.414. The molecule has 206 valence electrons. The second kappa shape index (κ2) is 10.2. The Bertz CT molecular complexity index is 1430. The number of rotatable bonds is 3. The van der Waals surface area contributed by atoms with Crippen LogP contribution in [0.25, 0.3) is 11.6 Å². The predicted molar refractivity (Wildman–Crippen MR) is 153 cm³/mol. The number of imidazole rings is 1. The number of carbonyl (C=O) groups excluding carboxylic acids is 1. The SMILES string of the molecule is Cn1cncc1C(C)(O)C1=Cc2cc(Cl)cnc2[C@@H](N2CCN(C(=O)OC(C)(C)C)CC2)c2ccc(Cl)cc21. The largest absolute Gasteiger partial charge is 0.444 e. The second-order valence-electron chi connectivity index (χ2n) is 11.3. The first kappa shape index (κ1) is 27.6. The number of aliphatic hydroxyl groups is 1.